The minimum Gasteiger partial charge on any atom is -0.451 e. The fourth-order valence-electron chi connectivity index (χ4n) is 5.88. The predicted octanol–water partition coefficient (Wildman–Crippen LogP) is 4.63. The zero-order chi connectivity index (χ0) is 29.9. The molecule has 4 aliphatic carbocycles. The van der Waals surface area contributed by atoms with E-state index in [0.29, 0.717) is 19.3 Å². The summed E-state index contributed by atoms with van der Waals surface area (Å²) in [6, 6.07) is 0. The van der Waals surface area contributed by atoms with E-state index in [-0.39, 0.29) is 37.0 Å². The van der Waals surface area contributed by atoms with E-state index < -0.39 is 76.4 Å². The molecule has 226 valence electrons. The molecule has 0 aromatic rings. The molecule has 4 saturated carbocycles. The summed E-state index contributed by atoms with van der Waals surface area (Å²) in [7, 11) is -6.80. The van der Waals surface area contributed by atoms with Gasteiger partial charge >= 0.3 is 51.4 Å². The Kier molecular flexibility index (Phi) is 8.02. The summed E-state index contributed by atoms with van der Waals surface area (Å²) in [5.74, 6) is -15.9. The average Bonchev–Trinajstić information content (AvgIpc) is 2.73. The van der Waals surface area contributed by atoms with Crippen LogP contribution in [0.15, 0.2) is 0 Å². The van der Waals surface area contributed by atoms with Gasteiger partial charge in [-0.1, -0.05) is 0 Å². The molecule has 0 radical (unpaired) electrons. The molecule has 1 N–H and O–H groups in total. The largest absolute Gasteiger partial charge is 0.468 e. The molecule has 1 unspecified atom stereocenters. The lowest BCUT2D eigenvalue weighted by molar-refractivity contribution is -0.363. The number of carbonyl (C=O) groups excluding carboxylic acids is 2. The highest BCUT2D eigenvalue weighted by molar-refractivity contribution is 7.87. The van der Waals surface area contributed by atoms with E-state index in [4.69, 9.17) is 4.55 Å². The highest BCUT2D eigenvalue weighted by Crippen LogP contribution is 2.61. The van der Waals surface area contributed by atoms with Crippen molar-refractivity contribution < 1.29 is 80.7 Å². The van der Waals surface area contributed by atoms with Crippen molar-refractivity contribution >= 4 is 22.1 Å². The van der Waals surface area contributed by atoms with Crippen LogP contribution in [-0.4, -0.2) is 67.4 Å². The number of alkyl halides is 10. The molecule has 0 saturated heterocycles. The fraction of sp³-hybridized carbons (Fsp3) is 0.900. The predicted molar refractivity (Wildman–Crippen MR) is 105 cm³/mol. The van der Waals surface area contributed by atoms with Crippen molar-refractivity contribution in [1.29, 1.82) is 0 Å². The molecule has 4 fully saturated rings. The SMILES string of the molecule is O=C(OC(OCCC(F)(F)C(F)(F)S(=O)(=O)O)(C(=O)OCC(F)(F)F)C(F)(F)F)C12CC3CC(CC(C3)C1)C2. The Morgan fingerprint density at radius 1 is 0.846 bits per heavy atom. The minimum absolute atomic E-state index is 0.0169. The first-order valence-electron chi connectivity index (χ1n) is 11.4. The minimum atomic E-state index is -6.80. The molecule has 0 spiro atoms. The lowest BCUT2D eigenvalue weighted by Gasteiger charge is -2.55. The van der Waals surface area contributed by atoms with Gasteiger partial charge in [0.2, 0.25) is 0 Å². The van der Waals surface area contributed by atoms with E-state index in [9.17, 15) is 61.9 Å². The van der Waals surface area contributed by atoms with Crippen LogP contribution < -0.4 is 0 Å². The second-order valence-electron chi connectivity index (χ2n) is 10.2. The van der Waals surface area contributed by atoms with E-state index in [2.05, 4.69) is 14.2 Å². The van der Waals surface area contributed by atoms with Crippen molar-refractivity contribution in [2.75, 3.05) is 13.2 Å². The van der Waals surface area contributed by atoms with Gasteiger partial charge in [0.05, 0.1) is 12.0 Å². The molecular formula is C20H22F10O8S. The molecule has 19 heteroatoms. The van der Waals surface area contributed by atoms with Crippen LogP contribution in [-0.2, 0) is 33.9 Å². The third-order valence-electron chi connectivity index (χ3n) is 7.19. The maximum Gasteiger partial charge on any atom is 0.468 e. The van der Waals surface area contributed by atoms with Crippen molar-refractivity contribution in [3.8, 4) is 0 Å². The first-order chi connectivity index (χ1) is 17.4. The third kappa shape index (κ3) is 6.08. The maximum atomic E-state index is 14.2. The van der Waals surface area contributed by atoms with Gasteiger partial charge in [0, 0.05) is 6.42 Å². The molecule has 0 amide bonds. The molecule has 0 aromatic heterocycles. The van der Waals surface area contributed by atoms with Crippen LogP contribution in [0.25, 0.3) is 0 Å². The molecule has 4 rings (SSSR count). The van der Waals surface area contributed by atoms with Gasteiger partial charge in [0.15, 0.2) is 6.61 Å². The summed E-state index contributed by atoms with van der Waals surface area (Å²) in [5.41, 5.74) is -1.60. The number of ether oxygens (including phenoxy) is 3. The number of carbonyl (C=O) groups is 2. The Labute approximate surface area is 214 Å². The van der Waals surface area contributed by atoms with E-state index in [1.165, 1.54) is 0 Å². The van der Waals surface area contributed by atoms with Gasteiger partial charge in [0.1, 0.15) is 0 Å². The molecule has 0 aliphatic heterocycles. The standard InChI is InChI=1S/C20H22F10O8S/c21-16(22,20(29,30)39(33,34)35)1-2-37-18(19(26,27)28,14(32)36-9-17(23,24)25)38-13(31)15-6-10-3-11(7-15)5-12(4-10)8-15/h10-12H,1-9H2,(H,33,34,35). The second-order valence-corrected chi connectivity index (χ2v) is 11.7. The van der Waals surface area contributed by atoms with Crippen molar-refractivity contribution in [2.45, 2.75) is 74.3 Å². The number of halogens is 10. The quantitative estimate of drug-likeness (QED) is 0.164. The number of rotatable bonds is 10. The first kappa shape index (κ1) is 31.6. The van der Waals surface area contributed by atoms with E-state index >= 15 is 0 Å². The van der Waals surface area contributed by atoms with Crippen molar-refractivity contribution in [1.82, 2.24) is 0 Å². The van der Waals surface area contributed by atoms with Crippen LogP contribution in [0.1, 0.15) is 44.9 Å². The number of esters is 2. The van der Waals surface area contributed by atoms with Crippen molar-refractivity contribution in [3.05, 3.63) is 0 Å². The molecular weight excluding hydrogens is 590 g/mol. The van der Waals surface area contributed by atoms with Gasteiger partial charge in [-0.25, -0.2) is 4.79 Å². The smallest absolute Gasteiger partial charge is 0.451 e. The Hall–Kier alpha value is -1.89. The summed E-state index contributed by atoms with van der Waals surface area (Å²) < 4.78 is 176. The third-order valence-corrected chi connectivity index (χ3v) is 8.13. The maximum absolute atomic E-state index is 14.2. The van der Waals surface area contributed by atoms with Crippen LogP contribution in [0.3, 0.4) is 0 Å². The monoisotopic (exact) mass is 612 g/mol. The summed E-state index contributed by atoms with van der Waals surface area (Å²) in [6.45, 7) is -4.97. The van der Waals surface area contributed by atoms with Gasteiger partial charge in [-0.3, -0.25) is 9.35 Å². The van der Waals surface area contributed by atoms with Crippen LogP contribution in [0.5, 0.6) is 0 Å². The Morgan fingerprint density at radius 3 is 1.69 bits per heavy atom. The lowest BCUT2D eigenvalue weighted by atomic mass is 9.49. The van der Waals surface area contributed by atoms with E-state index in [1.54, 1.807) is 0 Å². The summed E-state index contributed by atoms with van der Waals surface area (Å²) >= 11 is 0. The molecule has 8 nitrogen and oxygen atoms in total. The second kappa shape index (κ2) is 9.88. The molecule has 0 heterocycles. The molecule has 39 heavy (non-hydrogen) atoms. The number of hydrogen-bond acceptors (Lipinski definition) is 7. The topological polar surface area (TPSA) is 116 Å². The molecule has 1 atom stereocenters. The van der Waals surface area contributed by atoms with E-state index in [1.807, 2.05) is 0 Å². The zero-order valence-electron chi connectivity index (χ0n) is 19.6. The average molecular weight is 612 g/mol. The van der Waals surface area contributed by atoms with Crippen molar-refractivity contribution in [3.63, 3.8) is 0 Å². The first-order valence-corrected chi connectivity index (χ1v) is 12.8. The molecule has 4 bridgehead atoms. The normalized spacial score (nSPS) is 29.2. The zero-order valence-corrected chi connectivity index (χ0v) is 20.4. The summed E-state index contributed by atoms with van der Waals surface area (Å²) in [5, 5.41) is -6.24. The Bertz CT molecular complexity index is 1040. The fourth-order valence-corrected chi connectivity index (χ4v) is 6.36. The van der Waals surface area contributed by atoms with Gasteiger partial charge in [-0.15, -0.1) is 0 Å². The van der Waals surface area contributed by atoms with Crippen molar-refractivity contribution in [2.24, 2.45) is 23.2 Å². The Balaban J connectivity index is 1.92. The highest BCUT2D eigenvalue weighted by Gasteiger charge is 2.71. The van der Waals surface area contributed by atoms with Crippen LogP contribution in [0.4, 0.5) is 43.9 Å². The van der Waals surface area contributed by atoms with Crippen LogP contribution in [0, 0.1) is 23.2 Å². The molecule has 4 aliphatic rings. The summed E-state index contributed by atoms with van der Waals surface area (Å²) in [6.07, 6.45) is -12.3. The van der Waals surface area contributed by atoms with Gasteiger partial charge < -0.3 is 14.2 Å². The number of hydrogen-bond donors (Lipinski definition) is 1. The van der Waals surface area contributed by atoms with Gasteiger partial charge in [0.25, 0.3) is 0 Å². The van der Waals surface area contributed by atoms with Crippen LogP contribution >= 0.6 is 0 Å². The lowest BCUT2D eigenvalue weighted by Crippen LogP contribution is -2.61. The highest BCUT2D eigenvalue weighted by atomic mass is 32.2. The van der Waals surface area contributed by atoms with Gasteiger partial charge in [-0.05, 0) is 56.3 Å². The van der Waals surface area contributed by atoms with Crippen LogP contribution in [0.2, 0.25) is 0 Å². The Morgan fingerprint density at radius 2 is 1.31 bits per heavy atom. The van der Waals surface area contributed by atoms with Gasteiger partial charge in [-0.2, -0.15) is 52.3 Å². The molecule has 0 aromatic carbocycles. The summed E-state index contributed by atoms with van der Waals surface area (Å²) in [4.78, 5) is 25.4. The van der Waals surface area contributed by atoms with E-state index in [0.717, 1.165) is 0 Å².